The van der Waals surface area contributed by atoms with Crippen molar-refractivity contribution in [3.63, 3.8) is 0 Å². The van der Waals surface area contributed by atoms with E-state index in [-0.39, 0.29) is 17.8 Å². The molecule has 0 aromatic heterocycles. The monoisotopic (exact) mass is 294 g/mol. The van der Waals surface area contributed by atoms with E-state index in [2.05, 4.69) is 5.32 Å². The van der Waals surface area contributed by atoms with E-state index < -0.39 is 0 Å². The van der Waals surface area contributed by atoms with Crippen LogP contribution < -0.4 is 5.32 Å². The Bertz CT molecular complexity index is 467. The van der Waals surface area contributed by atoms with Crippen molar-refractivity contribution < 1.29 is 13.9 Å². The standard InChI is InChI=1S/C16H23FN2O2/c1-21-10-3-2-7-16(20)19-9-8-18-12-15(19)13-5-4-6-14(17)11-13/h4-6,11,15,18H,2-3,7-10,12H2,1H3. The van der Waals surface area contributed by atoms with Crippen LogP contribution in [0, 0.1) is 5.82 Å². The maximum Gasteiger partial charge on any atom is 0.223 e. The summed E-state index contributed by atoms with van der Waals surface area (Å²) in [6.45, 7) is 2.81. The molecule has 0 saturated carbocycles. The van der Waals surface area contributed by atoms with Crippen LogP contribution in [-0.4, -0.2) is 44.2 Å². The Kier molecular flexibility index (Phi) is 6.14. The quantitative estimate of drug-likeness (QED) is 0.817. The Morgan fingerprint density at radius 1 is 1.48 bits per heavy atom. The molecule has 0 aliphatic carbocycles. The number of hydrogen-bond acceptors (Lipinski definition) is 3. The molecule has 1 aromatic carbocycles. The van der Waals surface area contributed by atoms with E-state index in [1.54, 1.807) is 13.2 Å². The number of hydrogen-bond donors (Lipinski definition) is 1. The van der Waals surface area contributed by atoms with Crippen LogP contribution in [0.15, 0.2) is 24.3 Å². The summed E-state index contributed by atoms with van der Waals surface area (Å²) in [4.78, 5) is 14.3. The van der Waals surface area contributed by atoms with Crippen molar-refractivity contribution in [1.29, 1.82) is 0 Å². The molecule has 1 saturated heterocycles. The fraction of sp³-hybridized carbons (Fsp3) is 0.562. The van der Waals surface area contributed by atoms with Gasteiger partial charge in [-0.3, -0.25) is 4.79 Å². The van der Waals surface area contributed by atoms with Crippen LogP contribution in [-0.2, 0) is 9.53 Å². The number of ether oxygens (including phenoxy) is 1. The zero-order valence-corrected chi connectivity index (χ0v) is 12.5. The van der Waals surface area contributed by atoms with E-state index in [0.717, 1.165) is 24.9 Å². The smallest absolute Gasteiger partial charge is 0.223 e. The van der Waals surface area contributed by atoms with Crippen LogP contribution in [0.25, 0.3) is 0 Å². The molecule has 1 aliphatic heterocycles. The van der Waals surface area contributed by atoms with Gasteiger partial charge in [-0.2, -0.15) is 0 Å². The molecule has 4 nitrogen and oxygen atoms in total. The number of benzene rings is 1. The maximum atomic E-state index is 13.4. The second-order valence-corrected chi connectivity index (χ2v) is 5.31. The molecular weight excluding hydrogens is 271 g/mol. The molecule has 1 fully saturated rings. The van der Waals surface area contributed by atoms with Gasteiger partial charge in [0.1, 0.15) is 5.82 Å². The van der Waals surface area contributed by atoms with E-state index >= 15 is 0 Å². The Hall–Kier alpha value is -1.46. The molecule has 1 heterocycles. The summed E-state index contributed by atoms with van der Waals surface area (Å²) >= 11 is 0. The predicted molar refractivity (Wildman–Crippen MR) is 79.5 cm³/mol. The number of rotatable bonds is 6. The number of piperazine rings is 1. The first kappa shape index (κ1) is 15.9. The number of nitrogens with zero attached hydrogens (tertiary/aromatic N) is 1. The summed E-state index contributed by atoms with van der Waals surface area (Å²) < 4.78 is 18.4. The third-order valence-electron chi connectivity index (χ3n) is 3.79. The van der Waals surface area contributed by atoms with Crippen LogP contribution in [0.5, 0.6) is 0 Å². The van der Waals surface area contributed by atoms with Gasteiger partial charge in [0.15, 0.2) is 0 Å². The second kappa shape index (κ2) is 8.10. The zero-order chi connectivity index (χ0) is 15.1. The molecule has 2 rings (SSSR count). The third kappa shape index (κ3) is 4.51. The van der Waals surface area contributed by atoms with Gasteiger partial charge >= 0.3 is 0 Å². The summed E-state index contributed by atoms with van der Waals surface area (Å²) in [5.74, 6) is -0.118. The van der Waals surface area contributed by atoms with Gasteiger partial charge in [0.05, 0.1) is 6.04 Å². The lowest BCUT2D eigenvalue weighted by Gasteiger charge is -2.36. The molecule has 5 heteroatoms. The van der Waals surface area contributed by atoms with Crippen molar-refractivity contribution >= 4 is 5.91 Å². The van der Waals surface area contributed by atoms with E-state index in [1.807, 2.05) is 11.0 Å². The molecule has 1 unspecified atom stereocenters. The number of carbonyl (C=O) groups is 1. The Morgan fingerprint density at radius 2 is 2.33 bits per heavy atom. The van der Waals surface area contributed by atoms with E-state index in [4.69, 9.17) is 4.74 Å². The molecule has 0 spiro atoms. The van der Waals surface area contributed by atoms with Gasteiger partial charge in [-0.1, -0.05) is 12.1 Å². The van der Waals surface area contributed by atoms with Crippen LogP contribution in [0.3, 0.4) is 0 Å². The lowest BCUT2D eigenvalue weighted by Crippen LogP contribution is -2.48. The van der Waals surface area contributed by atoms with Crippen molar-refractivity contribution in [1.82, 2.24) is 10.2 Å². The van der Waals surface area contributed by atoms with Gasteiger partial charge in [-0.05, 0) is 30.5 Å². The number of unbranched alkanes of at least 4 members (excludes halogenated alkanes) is 1. The van der Waals surface area contributed by atoms with Gasteiger partial charge < -0.3 is 15.0 Å². The number of amides is 1. The maximum absolute atomic E-state index is 13.4. The van der Waals surface area contributed by atoms with E-state index in [0.29, 0.717) is 26.1 Å². The van der Waals surface area contributed by atoms with Gasteiger partial charge in [-0.15, -0.1) is 0 Å². The minimum Gasteiger partial charge on any atom is -0.385 e. The molecular formula is C16H23FN2O2. The average molecular weight is 294 g/mol. The highest BCUT2D eigenvalue weighted by Crippen LogP contribution is 2.24. The molecule has 1 aliphatic rings. The molecule has 0 radical (unpaired) electrons. The summed E-state index contributed by atoms with van der Waals surface area (Å²) in [7, 11) is 1.66. The van der Waals surface area contributed by atoms with Crippen LogP contribution >= 0.6 is 0 Å². The van der Waals surface area contributed by atoms with Crippen molar-refractivity contribution in [2.24, 2.45) is 0 Å². The minimum absolute atomic E-state index is 0.0793. The third-order valence-corrected chi connectivity index (χ3v) is 3.79. The fourth-order valence-electron chi connectivity index (χ4n) is 2.68. The van der Waals surface area contributed by atoms with Gasteiger partial charge in [0.25, 0.3) is 0 Å². The molecule has 1 amide bonds. The van der Waals surface area contributed by atoms with Crippen LogP contribution in [0.2, 0.25) is 0 Å². The number of methoxy groups -OCH3 is 1. The first-order valence-corrected chi connectivity index (χ1v) is 7.47. The van der Waals surface area contributed by atoms with Crippen molar-refractivity contribution in [3.05, 3.63) is 35.6 Å². The Morgan fingerprint density at radius 3 is 3.10 bits per heavy atom. The van der Waals surface area contributed by atoms with Crippen LogP contribution in [0.4, 0.5) is 4.39 Å². The molecule has 1 aromatic rings. The van der Waals surface area contributed by atoms with E-state index in [9.17, 15) is 9.18 Å². The number of nitrogens with one attached hydrogen (secondary N) is 1. The fourth-order valence-corrected chi connectivity index (χ4v) is 2.68. The lowest BCUT2D eigenvalue weighted by atomic mass is 10.0. The number of carbonyl (C=O) groups excluding carboxylic acids is 1. The molecule has 0 bridgehead atoms. The molecule has 116 valence electrons. The predicted octanol–water partition coefficient (Wildman–Crippen LogP) is 2.12. The topological polar surface area (TPSA) is 41.6 Å². The van der Waals surface area contributed by atoms with Crippen molar-refractivity contribution in [2.45, 2.75) is 25.3 Å². The first-order valence-electron chi connectivity index (χ1n) is 7.47. The summed E-state index contributed by atoms with van der Waals surface area (Å²) in [6, 6.07) is 6.44. The number of halogens is 1. The zero-order valence-electron chi connectivity index (χ0n) is 12.5. The summed E-state index contributed by atoms with van der Waals surface area (Å²) in [5, 5.41) is 3.28. The van der Waals surface area contributed by atoms with Crippen LogP contribution in [0.1, 0.15) is 30.9 Å². The minimum atomic E-state index is -0.259. The Labute approximate surface area is 125 Å². The highest BCUT2D eigenvalue weighted by molar-refractivity contribution is 5.76. The average Bonchev–Trinajstić information content (AvgIpc) is 2.51. The molecule has 1 atom stereocenters. The molecule has 1 N–H and O–H groups in total. The highest BCUT2D eigenvalue weighted by Gasteiger charge is 2.27. The van der Waals surface area contributed by atoms with Crippen molar-refractivity contribution in [3.8, 4) is 0 Å². The largest absolute Gasteiger partial charge is 0.385 e. The summed E-state index contributed by atoms with van der Waals surface area (Å²) in [5.41, 5.74) is 0.854. The normalized spacial score (nSPS) is 18.8. The highest BCUT2D eigenvalue weighted by atomic mass is 19.1. The van der Waals surface area contributed by atoms with Crippen molar-refractivity contribution in [2.75, 3.05) is 33.4 Å². The van der Waals surface area contributed by atoms with E-state index in [1.165, 1.54) is 12.1 Å². The first-order chi connectivity index (χ1) is 10.2. The summed E-state index contributed by atoms with van der Waals surface area (Å²) in [6.07, 6.45) is 2.24. The Balaban J connectivity index is 2.00. The van der Waals surface area contributed by atoms with Gasteiger partial charge in [0, 0.05) is 39.8 Å². The second-order valence-electron chi connectivity index (χ2n) is 5.31. The van der Waals surface area contributed by atoms with Gasteiger partial charge in [-0.25, -0.2) is 4.39 Å². The molecule has 21 heavy (non-hydrogen) atoms. The SMILES string of the molecule is COCCCCC(=O)N1CCNCC1c1cccc(F)c1. The van der Waals surface area contributed by atoms with Gasteiger partial charge in [0.2, 0.25) is 5.91 Å². The lowest BCUT2D eigenvalue weighted by molar-refractivity contribution is -0.134.